The van der Waals surface area contributed by atoms with E-state index < -0.39 is 0 Å². The Labute approximate surface area is 289 Å². The van der Waals surface area contributed by atoms with Gasteiger partial charge in [0.1, 0.15) is 11.2 Å². The Morgan fingerprint density at radius 1 is 0.400 bits per heavy atom. The van der Waals surface area contributed by atoms with Crippen LogP contribution < -0.4 is 0 Å². The van der Waals surface area contributed by atoms with Crippen LogP contribution in [0.3, 0.4) is 0 Å². The van der Waals surface area contributed by atoms with Gasteiger partial charge >= 0.3 is 0 Å². The molecule has 1 aliphatic carbocycles. The summed E-state index contributed by atoms with van der Waals surface area (Å²) in [4.78, 5) is 15.3. The van der Waals surface area contributed by atoms with Crippen molar-refractivity contribution in [2.45, 2.75) is 19.3 Å². The summed E-state index contributed by atoms with van der Waals surface area (Å²) in [6.07, 6.45) is 0. The first kappa shape index (κ1) is 28.6. The summed E-state index contributed by atoms with van der Waals surface area (Å²) in [7, 11) is 0. The normalized spacial score (nSPS) is 13.2. The van der Waals surface area contributed by atoms with E-state index in [1.165, 1.54) is 38.8 Å². The summed E-state index contributed by atoms with van der Waals surface area (Å²) < 4.78 is 6.57. The SMILES string of the molecule is CC1(C)c2ccccc2-c2cc(-c3nc(-c4ccccc4)nc(-c4ccc5oc6c7ccccc7c(-c7ccccc7)cc6c5c4)n3)ccc21. The van der Waals surface area contributed by atoms with Gasteiger partial charge in [-0.1, -0.05) is 135 Å². The largest absolute Gasteiger partial charge is 0.455 e. The molecule has 0 saturated heterocycles. The van der Waals surface area contributed by atoms with Crippen molar-refractivity contribution >= 4 is 32.7 Å². The van der Waals surface area contributed by atoms with Gasteiger partial charge in [0.25, 0.3) is 0 Å². The molecule has 2 heterocycles. The second-order valence-electron chi connectivity index (χ2n) is 13.6. The van der Waals surface area contributed by atoms with E-state index in [4.69, 9.17) is 19.4 Å². The minimum atomic E-state index is -0.0710. The van der Waals surface area contributed by atoms with Crippen molar-refractivity contribution < 1.29 is 4.42 Å². The van der Waals surface area contributed by atoms with Gasteiger partial charge in [0.05, 0.1) is 0 Å². The molecule has 0 aliphatic heterocycles. The molecule has 0 spiro atoms. The molecule has 0 N–H and O–H groups in total. The molecule has 0 bridgehead atoms. The molecule has 2 aromatic heterocycles. The highest BCUT2D eigenvalue weighted by Gasteiger charge is 2.35. The number of rotatable bonds is 4. The first-order valence-electron chi connectivity index (χ1n) is 17.0. The summed E-state index contributed by atoms with van der Waals surface area (Å²) in [6, 6.07) is 53.1. The van der Waals surface area contributed by atoms with Gasteiger partial charge in [-0.05, 0) is 69.1 Å². The van der Waals surface area contributed by atoms with Crippen molar-refractivity contribution in [1.29, 1.82) is 0 Å². The predicted octanol–water partition coefficient (Wildman–Crippen LogP) is 11.9. The molecular formula is C46H31N3O. The van der Waals surface area contributed by atoms with Crippen molar-refractivity contribution in [3.05, 3.63) is 163 Å². The van der Waals surface area contributed by atoms with Gasteiger partial charge in [-0.2, -0.15) is 0 Å². The molecule has 4 nitrogen and oxygen atoms in total. The van der Waals surface area contributed by atoms with Crippen molar-refractivity contribution in [1.82, 2.24) is 15.0 Å². The molecule has 0 saturated carbocycles. The van der Waals surface area contributed by atoms with Crippen molar-refractivity contribution in [3.8, 4) is 56.4 Å². The minimum Gasteiger partial charge on any atom is -0.455 e. The quantitative estimate of drug-likeness (QED) is 0.192. The van der Waals surface area contributed by atoms with Crippen LogP contribution in [0.2, 0.25) is 0 Å². The van der Waals surface area contributed by atoms with Gasteiger partial charge in [0.15, 0.2) is 17.5 Å². The summed E-state index contributed by atoms with van der Waals surface area (Å²) in [5.41, 5.74) is 12.0. The highest BCUT2D eigenvalue weighted by atomic mass is 16.3. The minimum absolute atomic E-state index is 0.0710. The summed E-state index contributed by atoms with van der Waals surface area (Å²) in [5.74, 6) is 1.91. The Bertz CT molecular complexity index is 2780. The van der Waals surface area contributed by atoms with Gasteiger partial charge in [0, 0.05) is 38.3 Å². The third-order valence-electron chi connectivity index (χ3n) is 10.3. The Kier molecular flexibility index (Phi) is 6.19. The predicted molar refractivity (Wildman–Crippen MR) is 204 cm³/mol. The lowest BCUT2D eigenvalue weighted by atomic mass is 9.82. The van der Waals surface area contributed by atoms with Gasteiger partial charge in [0.2, 0.25) is 0 Å². The van der Waals surface area contributed by atoms with Crippen LogP contribution in [0.15, 0.2) is 156 Å². The van der Waals surface area contributed by atoms with Crippen LogP contribution in [-0.4, -0.2) is 15.0 Å². The van der Waals surface area contributed by atoms with Crippen LogP contribution in [-0.2, 0) is 5.41 Å². The third kappa shape index (κ3) is 4.35. The molecule has 0 unspecified atom stereocenters. The molecule has 0 fully saturated rings. The number of nitrogens with zero attached hydrogens (tertiary/aromatic N) is 3. The van der Waals surface area contributed by atoms with Crippen molar-refractivity contribution in [3.63, 3.8) is 0 Å². The van der Waals surface area contributed by atoms with Crippen LogP contribution in [0.25, 0.3) is 89.1 Å². The molecule has 7 aromatic carbocycles. The van der Waals surface area contributed by atoms with Crippen LogP contribution in [0.5, 0.6) is 0 Å². The topological polar surface area (TPSA) is 51.8 Å². The van der Waals surface area contributed by atoms with Crippen molar-refractivity contribution in [2.75, 3.05) is 0 Å². The smallest absolute Gasteiger partial charge is 0.164 e. The van der Waals surface area contributed by atoms with E-state index >= 15 is 0 Å². The number of fused-ring (bicyclic) bond motifs is 8. The van der Waals surface area contributed by atoms with E-state index in [0.717, 1.165) is 44.0 Å². The molecule has 0 amide bonds. The Balaban J connectivity index is 1.18. The van der Waals surface area contributed by atoms with E-state index in [1.807, 2.05) is 36.4 Å². The standard InChI is InChI=1S/C46H31N3O/c1-46(2)39-20-12-11-18-33(39)36-25-30(21-23-40(36)46)44-47-43(29-15-7-4-8-16-29)48-45(49-44)31-22-24-41-37(26-31)38-27-35(28-13-5-3-6-14-28)32-17-9-10-19-34(32)42(38)50-41/h3-27H,1-2H3. The number of furan rings is 1. The van der Waals surface area contributed by atoms with Crippen LogP contribution in [0.4, 0.5) is 0 Å². The van der Waals surface area contributed by atoms with E-state index in [-0.39, 0.29) is 5.41 Å². The van der Waals surface area contributed by atoms with Crippen molar-refractivity contribution in [2.24, 2.45) is 0 Å². The third-order valence-corrected chi connectivity index (χ3v) is 10.3. The van der Waals surface area contributed by atoms with Gasteiger partial charge in [-0.3, -0.25) is 0 Å². The number of aromatic nitrogens is 3. The molecule has 1 aliphatic rings. The van der Waals surface area contributed by atoms with Gasteiger partial charge in [-0.15, -0.1) is 0 Å². The molecule has 4 heteroatoms. The van der Waals surface area contributed by atoms with E-state index in [2.05, 4.69) is 129 Å². The molecule has 10 rings (SSSR count). The van der Waals surface area contributed by atoms with Gasteiger partial charge in [-0.25, -0.2) is 15.0 Å². The first-order chi connectivity index (χ1) is 24.5. The lowest BCUT2D eigenvalue weighted by molar-refractivity contribution is 0.660. The highest BCUT2D eigenvalue weighted by Crippen LogP contribution is 2.49. The molecule has 236 valence electrons. The zero-order valence-electron chi connectivity index (χ0n) is 27.7. The zero-order valence-corrected chi connectivity index (χ0v) is 27.7. The fourth-order valence-corrected chi connectivity index (χ4v) is 7.80. The summed E-state index contributed by atoms with van der Waals surface area (Å²) in [5, 5.41) is 4.36. The summed E-state index contributed by atoms with van der Waals surface area (Å²) >= 11 is 0. The molecular weight excluding hydrogens is 611 g/mol. The first-order valence-corrected chi connectivity index (χ1v) is 17.0. The Morgan fingerprint density at radius 2 is 0.980 bits per heavy atom. The second-order valence-corrected chi connectivity index (χ2v) is 13.6. The Morgan fingerprint density at radius 3 is 1.74 bits per heavy atom. The van der Waals surface area contributed by atoms with E-state index in [9.17, 15) is 0 Å². The molecule has 50 heavy (non-hydrogen) atoms. The van der Waals surface area contributed by atoms with Crippen LogP contribution in [0.1, 0.15) is 25.0 Å². The fraction of sp³-hybridized carbons (Fsp3) is 0.0652. The van der Waals surface area contributed by atoms with E-state index in [0.29, 0.717) is 17.5 Å². The van der Waals surface area contributed by atoms with Crippen LogP contribution >= 0.6 is 0 Å². The molecule has 0 radical (unpaired) electrons. The second kappa shape index (κ2) is 10.8. The average Bonchev–Trinajstić information content (AvgIpc) is 3.66. The maximum atomic E-state index is 6.57. The fourth-order valence-electron chi connectivity index (χ4n) is 7.80. The maximum Gasteiger partial charge on any atom is 0.164 e. The molecule has 9 aromatic rings. The lowest BCUT2D eigenvalue weighted by Crippen LogP contribution is -2.14. The average molecular weight is 642 g/mol. The Hall–Kier alpha value is -6.39. The lowest BCUT2D eigenvalue weighted by Gasteiger charge is -2.21. The van der Waals surface area contributed by atoms with Crippen LogP contribution in [0, 0.1) is 0 Å². The number of benzene rings is 7. The zero-order chi connectivity index (χ0) is 33.4. The number of hydrogen-bond acceptors (Lipinski definition) is 4. The molecule has 0 atom stereocenters. The number of hydrogen-bond donors (Lipinski definition) is 0. The maximum absolute atomic E-state index is 6.57. The van der Waals surface area contributed by atoms with E-state index in [1.54, 1.807) is 0 Å². The monoisotopic (exact) mass is 641 g/mol. The highest BCUT2D eigenvalue weighted by molar-refractivity contribution is 6.19. The summed E-state index contributed by atoms with van der Waals surface area (Å²) in [6.45, 7) is 4.60. The van der Waals surface area contributed by atoms with Gasteiger partial charge < -0.3 is 4.42 Å².